The molecule has 2 heteroatoms. The van der Waals surface area contributed by atoms with E-state index < -0.39 is 0 Å². The molecule has 0 spiro atoms. The van der Waals surface area contributed by atoms with Crippen molar-refractivity contribution in [2.45, 2.75) is 6.42 Å². The van der Waals surface area contributed by atoms with Crippen molar-refractivity contribution in [3.63, 3.8) is 0 Å². The normalized spacial score (nSPS) is 10.1. The smallest absolute Gasteiger partial charge is 0.122 e. The number of rotatable bonds is 3. The summed E-state index contributed by atoms with van der Waals surface area (Å²) in [5, 5.41) is 0.771. The van der Waals surface area contributed by atoms with Gasteiger partial charge in [-0.05, 0) is 29.3 Å². The Morgan fingerprint density at radius 2 is 1.88 bits per heavy atom. The fraction of sp³-hybridized carbons (Fsp3) is 0.143. The van der Waals surface area contributed by atoms with Crippen molar-refractivity contribution >= 4 is 11.6 Å². The van der Waals surface area contributed by atoms with Crippen molar-refractivity contribution in [3.8, 4) is 5.75 Å². The van der Waals surface area contributed by atoms with Crippen LogP contribution in [0.1, 0.15) is 11.1 Å². The Morgan fingerprint density at radius 3 is 2.62 bits per heavy atom. The molecule has 0 aliphatic rings. The summed E-state index contributed by atoms with van der Waals surface area (Å²) in [6, 6.07) is 15.9. The van der Waals surface area contributed by atoms with Crippen LogP contribution in [0.4, 0.5) is 0 Å². The molecule has 0 atom stereocenters. The van der Waals surface area contributed by atoms with Crippen LogP contribution >= 0.6 is 11.6 Å². The second-order valence-electron chi connectivity index (χ2n) is 3.62. The van der Waals surface area contributed by atoms with E-state index in [0.29, 0.717) is 0 Å². The molecule has 1 nitrogen and oxygen atoms in total. The fourth-order valence-corrected chi connectivity index (χ4v) is 1.93. The topological polar surface area (TPSA) is 9.23 Å². The lowest BCUT2D eigenvalue weighted by molar-refractivity contribution is 0.410. The number of para-hydroxylation sites is 1. The highest BCUT2D eigenvalue weighted by atomic mass is 35.5. The monoisotopic (exact) mass is 232 g/mol. The molecule has 0 saturated heterocycles. The van der Waals surface area contributed by atoms with Gasteiger partial charge in [-0.2, -0.15) is 0 Å². The van der Waals surface area contributed by atoms with Crippen LogP contribution in [0.5, 0.6) is 5.75 Å². The zero-order chi connectivity index (χ0) is 11.4. The molecule has 0 saturated carbocycles. The van der Waals surface area contributed by atoms with E-state index >= 15 is 0 Å². The molecular weight excluding hydrogens is 220 g/mol. The highest BCUT2D eigenvalue weighted by Crippen LogP contribution is 2.22. The molecule has 0 fully saturated rings. The Kier molecular flexibility index (Phi) is 3.47. The highest BCUT2D eigenvalue weighted by molar-refractivity contribution is 6.30. The first-order valence-electron chi connectivity index (χ1n) is 5.16. The predicted molar refractivity (Wildman–Crippen MR) is 67.3 cm³/mol. The van der Waals surface area contributed by atoms with Gasteiger partial charge in [0.05, 0.1) is 7.11 Å². The van der Waals surface area contributed by atoms with Crippen molar-refractivity contribution in [3.05, 3.63) is 64.7 Å². The third-order valence-corrected chi connectivity index (χ3v) is 2.71. The van der Waals surface area contributed by atoms with Crippen molar-refractivity contribution in [1.29, 1.82) is 0 Å². The van der Waals surface area contributed by atoms with Crippen LogP contribution in [0.2, 0.25) is 5.02 Å². The minimum absolute atomic E-state index is 0.771. The molecule has 0 aromatic heterocycles. The van der Waals surface area contributed by atoms with Crippen LogP contribution in [-0.4, -0.2) is 7.11 Å². The first-order chi connectivity index (χ1) is 7.79. The summed E-state index contributed by atoms with van der Waals surface area (Å²) in [5.74, 6) is 0.919. The second-order valence-corrected chi connectivity index (χ2v) is 4.05. The summed E-state index contributed by atoms with van der Waals surface area (Å²) in [4.78, 5) is 0. The summed E-state index contributed by atoms with van der Waals surface area (Å²) < 4.78 is 5.31. The quantitative estimate of drug-likeness (QED) is 0.779. The zero-order valence-corrected chi connectivity index (χ0v) is 9.87. The van der Waals surface area contributed by atoms with E-state index in [4.69, 9.17) is 16.3 Å². The number of methoxy groups -OCH3 is 1. The molecule has 0 aliphatic carbocycles. The molecule has 82 valence electrons. The van der Waals surface area contributed by atoms with E-state index in [9.17, 15) is 0 Å². The maximum atomic E-state index is 5.95. The van der Waals surface area contributed by atoms with Gasteiger partial charge in [0.2, 0.25) is 0 Å². The van der Waals surface area contributed by atoms with Gasteiger partial charge in [0, 0.05) is 11.4 Å². The van der Waals surface area contributed by atoms with Gasteiger partial charge in [0.15, 0.2) is 0 Å². The van der Waals surface area contributed by atoms with Gasteiger partial charge in [0.1, 0.15) is 5.75 Å². The molecule has 0 heterocycles. The molecule has 0 amide bonds. The van der Waals surface area contributed by atoms with Crippen LogP contribution in [0.25, 0.3) is 0 Å². The third kappa shape index (κ3) is 2.56. The molecule has 0 aliphatic heterocycles. The lowest BCUT2D eigenvalue weighted by atomic mass is 10.0. The summed E-state index contributed by atoms with van der Waals surface area (Å²) in [6.07, 6.45) is 0.838. The van der Waals surface area contributed by atoms with E-state index in [1.807, 2.05) is 36.4 Å². The molecule has 2 aromatic rings. The van der Waals surface area contributed by atoms with Crippen molar-refractivity contribution in [1.82, 2.24) is 0 Å². The Bertz CT molecular complexity index is 480. The number of benzene rings is 2. The van der Waals surface area contributed by atoms with Crippen molar-refractivity contribution in [2.24, 2.45) is 0 Å². The summed E-state index contributed by atoms with van der Waals surface area (Å²) in [7, 11) is 1.69. The zero-order valence-electron chi connectivity index (χ0n) is 9.11. The standard InChI is InChI=1S/C14H13ClO/c1-16-14-8-3-2-6-12(14)9-11-5-4-7-13(15)10-11/h2-8,10H,9H2,1H3. The SMILES string of the molecule is COc1ccccc1Cc1cccc(Cl)c1. The average molecular weight is 233 g/mol. The Balaban J connectivity index is 2.26. The molecule has 2 aromatic carbocycles. The largest absolute Gasteiger partial charge is 0.496 e. The lowest BCUT2D eigenvalue weighted by Crippen LogP contribution is -1.93. The minimum atomic E-state index is 0.771. The molecule has 16 heavy (non-hydrogen) atoms. The van der Waals surface area contributed by atoms with Crippen LogP contribution in [0.15, 0.2) is 48.5 Å². The first-order valence-corrected chi connectivity index (χ1v) is 5.54. The molecular formula is C14H13ClO. The van der Waals surface area contributed by atoms with E-state index in [0.717, 1.165) is 17.2 Å². The van der Waals surface area contributed by atoms with Gasteiger partial charge >= 0.3 is 0 Å². The Morgan fingerprint density at radius 1 is 1.06 bits per heavy atom. The van der Waals surface area contributed by atoms with E-state index in [2.05, 4.69) is 12.1 Å². The summed E-state index contributed by atoms with van der Waals surface area (Å²) >= 11 is 5.95. The number of halogens is 1. The molecule has 2 rings (SSSR count). The van der Waals surface area contributed by atoms with Crippen molar-refractivity contribution < 1.29 is 4.74 Å². The Hall–Kier alpha value is -1.47. The maximum absolute atomic E-state index is 5.95. The maximum Gasteiger partial charge on any atom is 0.122 e. The molecule has 0 bridgehead atoms. The third-order valence-electron chi connectivity index (χ3n) is 2.48. The van der Waals surface area contributed by atoms with Gasteiger partial charge in [-0.1, -0.05) is 41.9 Å². The van der Waals surface area contributed by atoms with Crippen LogP contribution in [0.3, 0.4) is 0 Å². The predicted octanol–water partition coefficient (Wildman–Crippen LogP) is 3.94. The van der Waals surface area contributed by atoms with Gasteiger partial charge in [-0.3, -0.25) is 0 Å². The average Bonchev–Trinajstić information content (AvgIpc) is 2.30. The second kappa shape index (κ2) is 5.04. The van der Waals surface area contributed by atoms with Gasteiger partial charge in [0.25, 0.3) is 0 Å². The van der Waals surface area contributed by atoms with Gasteiger partial charge in [-0.15, -0.1) is 0 Å². The fourth-order valence-electron chi connectivity index (χ4n) is 1.72. The first kappa shape index (κ1) is 11.0. The van der Waals surface area contributed by atoms with E-state index in [1.54, 1.807) is 7.11 Å². The lowest BCUT2D eigenvalue weighted by Gasteiger charge is -2.08. The Labute approximate surface area is 101 Å². The minimum Gasteiger partial charge on any atom is -0.496 e. The van der Waals surface area contributed by atoms with Crippen LogP contribution < -0.4 is 4.74 Å². The summed E-state index contributed by atoms with van der Waals surface area (Å²) in [5.41, 5.74) is 2.37. The molecule has 0 N–H and O–H groups in total. The number of ether oxygens (including phenoxy) is 1. The summed E-state index contributed by atoms with van der Waals surface area (Å²) in [6.45, 7) is 0. The van der Waals surface area contributed by atoms with Crippen LogP contribution in [0, 0.1) is 0 Å². The van der Waals surface area contributed by atoms with E-state index in [-0.39, 0.29) is 0 Å². The van der Waals surface area contributed by atoms with Crippen molar-refractivity contribution in [2.75, 3.05) is 7.11 Å². The molecule has 0 radical (unpaired) electrons. The van der Waals surface area contributed by atoms with Gasteiger partial charge < -0.3 is 4.74 Å². The molecule has 0 unspecified atom stereocenters. The number of hydrogen-bond acceptors (Lipinski definition) is 1. The van der Waals surface area contributed by atoms with Crippen LogP contribution in [-0.2, 0) is 6.42 Å². The van der Waals surface area contributed by atoms with Gasteiger partial charge in [-0.25, -0.2) is 0 Å². The highest BCUT2D eigenvalue weighted by Gasteiger charge is 2.02. The van der Waals surface area contributed by atoms with E-state index in [1.165, 1.54) is 11.1 Å². The number of hydrogen-bond donors (Lipinski definition) is 0.